The lowest BCUT2D eigenvalue weighted by Crippen LogP contribution is -2.29. The number of halogens is 2. The van der Waals surface area contributed by atoms with Crippen molar-refractivity contribution in [2.24, 2.45) is 7.05 Å². The molecule has 0 amide bonds. The van der Waals surface area contributed by atoms with Gasteiger partial charge < -0.3 is 9.72 Å². The number of benzene rings is 1. The molecule has 1 aliphatic rings. The molecule has 0 bridgehead atoms. The number of aromatic amines is 1. The fourth-order valence-corrected chi connectivity index (χ4v) is 4.02. The number of ether oxygens (including phenoxy) is 1. The first-order valence-corrected chi connectivity index (χ1v) is 9.32. The van der Waals surface area contributed by atoms with E-state index < -0.39 is 11.8 Å². The zero-order valence-electron chi connectivity index (χ0n) is 15.9. The number of nitrogens with one attached hydrogen (secondary N) is 1. The smallest absolute Gasteiger partial charge is 0.326 e. The molecule has 148 valence electrons. The summed E-state index contributed by atoms with van der Waals surface area (Å²) in [6, 6.07) is 4.61. The van der Waals surface area contributed by atoms with Crippen molar-refractivity contribution in [2.45, 2.75) is 24.9 Å². The zero-order valence-corrected chi connectivity index (χ0v) is 15.9. The molecule has 1 saturated carbocycles. The Balaban J connectivity index is 1.67. The van der Waals surface area contributed by atoms with Gasteiger partial charge in [-0.1, -0.05) is 0 Å². The number of hydrogen-bond acceptors (Lipinski definition) is 4. The number of imidazole rings is 1. The molecular formula is C21H18F2N4O2. The number of methoxy groups -OCH3 is 1. The van der Waals surface area contributed by atoms with Crippen LogP contribution in [-0.2, 0) is 11.8 Å². The first-order chi connectivity index (χ1) is 14.0. The van der Waals surface area contributed by atoms with Crippen molar-refractivity contribution in [1.82, 2.24) is 19.5 Å². The van der Waals surface area contributed by atoms with Crippen LogP contribution < -0.4 is 5.69 Å². The Bertz CT molecular complexity index is 1320. The molecule has 0 spiro atoms. The lowest BCUT2D eigenvalue weighted by molar-refractivity contribution is 0.0248. The van der Waals surface area contributed by atoms with E-state index in [4.69, 9.17) is 4.74 Å². The second kappa shape index (κ2) is 6.45. The van der Waals surface area contributed by atoms with Crippen LogP contribution >= 0.6 is 0 Å². The summed E-state index contributed by atoms with van der Waals surface area (Å²) < 4.78 is 35.9. The van der Waals surface area contributed by atoms with Crippen molar-refractivity contribution in [2.75, 3.05) is 7.11 Å². The molecule has 1 aromatic carbocycles. The van der Waals surface area contributed by atoms with E-state index >= 15 is 0 Å². The van der Waals surface area contributed by atoms with E-state index in [1.807, 2.05) is 0 Å². The van der Waals surface area contributed by atoms with Crippen LogP contribution in [0.4, 0.5) is 8.78 Å². The molecule has 5 rings (SSSR count). The Morgan fingerprint density at radius 3 is 2.72 bits per heavy atom. The summed E-state index contributed by atoms with van der Waals surface area (Å²) in [7, 11) is 3.28. The van der Waals surface area contributed by atoms with Crippen molar-refractivity contribution < 1.29 is 13.5 Å². The minimum Gasteiger partial charge on any atom is -0.381 e. The van der Waals surface area contributed by atoms with Crippen LogP contribution in [0.25, 0.3) is 33.1 Å². The van der Waals surface area contributed by atoms with Crippen LogP contribution in [0.2, 0.25) is 0 Å². The molecule has 1 aliphatic carbocycles. The number of nitrogens with zero attached hydrogens (tertiary/aromatic N) is 3. The predicted molar refractivity (Wildman–Crippen MR) is 105 cm³/mol. The number of fused-ring (bicyclic) bond motifs is 3. The molecule has 0 atom stereocenters. The highest BCUT2D eigenvalue weighted by Gasteiger charge is 2.32. The summed E-state index contributed by atoms with van der Waals surface area (Å²) in [5.74, 6) is -1.01. The normalized spacial score (nSPS) is 19.0. The first-order valence-electron chi connectivity index (χ1n) is 9.32. The molecule has 29 heavy (non-hydrogen) atoms. The fourth-order valence-electron chi connectivity index (χ4n) is 4.02. The van der Waals surface area contributed by atoms with E-state index in [-0.39, 0.29) is 23.3 Å². The molecule has 1 fully saturated rings. The van der Waals surface area contributed by atoms with Gasteiger partial charge >= 0.3 is 5.69 Å². The average Bonchev–Trinajstić information content (AvgIpc) is 2.96. The van der Waals surface area contributed by atoms with Gasteiger partial charge in [0.15, 0.2) is 0 Å². The SMILES string of the molecule is COC1CC(c2cc(-c3cc4c(cc3F)ncc3c4[nH]c(=O)n3C)cnc2F)C1. The quantitative estimate of drug-likeness (QED) is 0.537. The van der Waals surface area contributed by atoms with Crippen LogP contribution in [0.5, 0.6) is 0 Å². The third-order valence-electron chi connectivity index (χ3n) is 5.88. The van der Waals surface area contributed by atoms with Gasteiger partial charge in [-0.2, -0.15) is 4.39 Å². The van der Waals surface area contributed by atoms with E-state index in [0.717, 1.165) is 0 Å². The molecule has 3 heterocycles. The molecule has 4 aromatic rings. The summed E-state index contributed by atoms with van der Waals surface area (Å²) in [5, 5.41) is 0.616. The monoisotopic (exact) mass is 396 g/mol. The minimum atomic E-state index is -0.536. The number of hydrogen-bond donors (Lipinski definition) is 1. The lowest BCUT2D eigenvalue weighted by Gasteiger charge is -2.34. The summed E-state index contributed by atoms with van der Waals surface area (Å²) >= 11 is 0. The summed E-state index contributed by atoms with van der Waals surface area (Å²) in [6.45, 7) is 0. The third-order valence-corrected chi connectivity index (χ3v) is 5.88. The predicted octanol–water partition coefficient (Wildman–Crippen LogP) is 3.65. The van der Waals surface area contributed by atoms with Gasteiger partial charge in [-0.3, -0.25) is 9.55 Å². The van der Waals surface area contributed by atoms with Gasteiger partial charge in [0.25, 0.3) is 0 Å². The van der Waals surface area contributed by atoms with Crippen LogP contribution in [-0.4, -0.2) is 32.7 Å². The Hall–Kier alpha value is -3.13. The Morgan fingerprint density at radius 2 is 1.97 bits per heavy atom. The van der Waals surface area contributed by atoms with Crippen molar-refractivity contribution in [3.63, 3.8) is 0 Å². The van der Waals surface area contributed by atoms with Crippen LogP contribution in [0, 0.1) is 11.8 Å². The minimum absolute atomic E-state index is 0.00905. The highest BCUT2D eigenvalue weighted by Crippen LogP contribution is 2.40. The Kier molecular flexibility index (Phi) is 3.99. The van der Waals surface area contributed by atoms with E-state index in [1.54, 1.807) is 26.3 Å². The number of pyridine rings is 2. The number of rotatable bonds is 3. The largest absolute Gasteiger partial charge is 0.381 e. The van der Waals surface area contributed by atoms with Crippen LogP contribution in [0.1, 0.15) is 24.3 Å². The van der Waals surface area contributed by atoms with Gasteiger partial charge in [0.1, 0.15) is 5.82 Å². The van der Waals surface area contributed by atoms with Gasteiger partial charge in [-0.25, -0.2) is 14.2 Å². The molecule has 8 heteroatoms. The number of aromatic nitrogens is 4. The Labute approximate surface area is 164 Å². The number of aryl methyl sites for hydroxylation is 1. The van der Waals surface area contributed by atoms with E-state index in [0.29, 0.717) is 45.9 Å². The van der Waals surface area contributed by atoms with Crippen molar-refractivity contribution in [1.29, 1.82) is 0 Å². The van der Waals surface area contributed by atoms with E-state index in [2.05, 4.69) is 15.0 Å². The summed E-state index contributed by atoms with van der Waals surface area (Å²) in [4.78, 5) is 22.9. The van der Waals surface area contributed by atoms with Crippen LogP contribution in [0.3, 0.4) is 0 Å². The summed E-state index contributed by atoms with van der Waals surface area (Å²) in [5.41, 5.74) is 2.60. The first kappa shape index (κ1) is 17.9. The van der Waals surface area contributed by atoms with Gasteiger partial charge in [0.2, 0.25) is 5.95 Å². The summed E-state index contributed by atoms with van der Waals surface area (Å²) in [6.07, 6.45) is 4.42. The second-order valence-corrected chi connectivity index (χ2v) is 7.49. The molecule has 3 aromatic heterocycles. The highest BCUT2D eigenvalue weighted by molar-refractivity contribution is 6.03. The van der Waals surface area contributed by atoms with Gasteiger partial charge in [0.05, 0.1) is 28.9 Å². The van der Waals surface area contributed by atoms with Crippen molar-refractivity contribution >= 4 is 21.9 Å². The maximum Gasteiger partial charge on any atom is 0.326 e. The van der Waals surface area contributed by atoms with Crippen molar-refractivity contribution in [3.8, 4) is 11.1 Å². The molecular weight excluding hydrogens is 378 g/mol. The third kappa shape index (κ3) is 2.74. The van der Waals surface area contributed by atoms with Gasteiger partial charge in [-0.05, 0) is 30.9 Å². The maximum absolute atomic E-state index is 14.9. The fraction of sp³-hybridized carbons (Fsp3) is 0.286. The zero-order chi connectivity index (χ0) is 20.3. The highest BCUT2D eigenvalue weighted by atomic mass is 19.1. The average molecular weight is 396 g/mol. The molecule has 6 nitrogen and oxygen atoms in total. The topological polar surface area (TPSA) is 72.8 Å². The molecule has 0 unspecified atom stereocenters. The molecule has 0 radical (unpaired) electrons. The van der Waals surface area contributed by atoms with Crippen LogP contribution in [0.15, 0.2) is 35.4 Å². The molecule has 0 aliphatic heterocycles. The molecule has 1 N–H and O–H groups in total. The van der Waals surface area contributed by atoms with E-state index in [9.17, 15) is 13.6 Å². The number of H-pyrrole nitrogens is 1. The molecule has 0 saturated heterocycles. The van der Waals surface area contributed by atoms with Crippen molar-refractivity contribution in [3.05, 3.63) is 58.4 Å². The second-order valence-electron chi connectivity index (χ2n) is 7.49. The Morgan fingerprint density at radius 1 is 1.17 bits per heavy atom. The van der Waals surface area contributed by atoms with Gasteiger partial charge in [-0.15, -0.1) is 0 Å². The van der Waals surface area contributed by atoms with Gasteiger partial charge in [0, 0.05) is 48.5 Å². The standard InChI is InChI=1S/C21H18F2N4O2/c1-27-18-9-24-17-7-16(22)13(6-15(17)19(18)26-21(27)28)11-5-14(20(23)25-8-11)10-3-12(4-10)29-2/h5-10,12H,3-4H2,1-2H3,(H,26,28). The van der Waals surface area contributed by atoms with E-state index in [1.165, 1.54) is 23.0 Å². The lowest BCUT2D eigenvalue weighted by atomic mass is 9.77. The maximum atomic E-state index is 14.9.